The summed E-state index contributed by atoms with van der Waals surface area (Å²) in [6.45, 7) is 3.10. The largest absolute Gasteiger partial charge is 0.337 e. The predicted octanol–water partition coefficient (Wildman–Crippen LogP) is 4.33. The Kier molecular flexibility index (Phi) is 5.07. The zero-order chi connectivity index (χ0) is 22.6. The lowest BCUT2D eigenvalue weighted by molar-refractivity contribution is -0.156. The van der Waals surface area contributed by atoms with Crippen molar-refractivity contribution < 1.29 is 13.6 Å². The van der Waals surface area contributed by atoms with E-state index in [2.05, 4.69) is 20.5 Å². The van der Waals surface area contributed by atoms with Gasteiger partial charge in [-0.15, -0.1) is 5.10 Å². The number of alkyl halides is 2. The molecule has 0 spiro atoms. The maximum Gasteiger partial charge on any atom is 0.322 e. The molecule has 2 fully saturated rings. The number of halogens is 3. The molecule has 0 atom stereocenters. The first kappa shape index (κ1) is 21.1. The van der Waals surface area contributed by atoms with Crippen molar-refractivity contribution in [3.05, 3.63) is 34.9 Å². The molecule has 4 heterocycles. The predicted molar refractivity (Wildman–Crippen MR) is 116 cm³/mol. The Morgan fingerprint density at radius 1 is 1.22 bits per heavy atom. The number of hydrogen-bond donors (Lipinski definition) is 1. The van der Waals surface area contributed by atoms with Crippen LogP contribution in [0.5, 0.6) is 0 Å². The molecule has 32 heavy (non-hydrogen) atoms. The molecule has 0 radical (unpaired) electrons. The van der Waals surface area contributed by atoms with E-state index in [9.17, 15) is 13.6 Å². The number of carbonyl (C=O) groups excluding carboxylic acids is 1. The number of piperidine rings is 1. The number of rotatable bonds is 5. The summed E-state index contributed by atoms with van der Waals surface area (Å²) in [6.07, 6.45) is 7.00. The van der Waals surface area contributed by atoms with Crippen molar-refractivity contribution in [2.75, 3.05) is 18.4 Å². The number of nitrogens with zero attached hydrogens (tertiary/aromatic N) is 6. The van der Waals surface area contributed by atoms with E-state index in [1.54, 1.807) is 6.20 Å². The van der Waals surface area contributed by atoms with E-state index in [1.165, 1.54) is 4.90 Å². The molecule has 2 aliphatic rings. The molecule has 1 aliphatic carbocycles. The lowest BCUT2D eigenvalue weighted by Gasteiger charge is -2.33. The van der Waals surface area contributed by atoms with E-state index in [-0.39, 0.29) is 19.1 Å². The third kappa shape index (κ3) is 3.92. The van der Waals surface area contributed by atoms with E-state index in [0.717, 1.165) is 35.4 Å². The van der Waals surface area contributed by atoms with Crippen LogP contribution in [0.2, 0.25) is 5.02 Å². The zero-order valence-corrected chi connectivity index (χ0v) is 18.6. The van der Waals surface area contributed by atoms with Gasteiger partial charge in [-0.05, 0) is 38.7 Å². The molecule has 1 saturated heterocycles. The van der Waals surface area contributed by atoms with E-state index < -0.39 is 11.8 Å². The van der Waals surface area contributed by atoms with Crippen LogP contribution in [0.1, 0.15) is 56.0 Å². The summed E-state index contributed by atoms with van der Waals surface area (Å²) in [5.74, 6) is -3.51. The van der Waals surface area contributed by atoms with Gasteiger partial charge in [0, 0.05) is 37.8 Å². The molecule has 3 aromatic heterocycles. The number of hydrogen-bond acceptors (Lipinski definition) is 5. The van der Waals surface area contributed by atoms with Gasteiger partial charge in [0.05, 0.1) is 28.6 Å². The highest BCUT2D eigenvalue weighted by molar-refractivity contribution is 6.34. The van der Waals surface area contributed by atoms with Crippen LogP contribution in [0, 0.1) is 6.92 Å². The maximum absolute atomic E-state index is 13.3. The first-order valence-corrected chi connectivity index (χ1v) is 11.1. The topological polar surface area (TPSA) is 80.4 Å². The van der Waals surface area contributed by atoms with Gasteiger partial charge < -0.3 is 10.2 Å². The van der Waals surface area contributed by atoms with Crippen molar-refractivity contribution in [1.29, 1.82) is 0 Å². The number of fused-ring (bicyclic) bond motifs is 1. The van der Waals surface area contributed by atoms with E-state index in [0.29, 0.717) is 36.7 Å². The number of nitrogens with one attached hydrogen (secondary N) is 1. The molecule has 0 unspecified atom stereocenters. The lowest BCUT2D eigenvalue weighted by Crippen LogP contribution is -2.46. The standard InChI is InChI=1S/C21H24ClF2N7O/c1-12-16(11-30(27-12)14-5-7-29(8-6-14)19(32)21(2,23)24)26-20-25-10-18-15(22)9-17(13-3-4-13)31(18)28-20/h9-11,13-14H,3-8H2,1-2H3,(H,26,28). The fourth-order valence-corrected chi connectivity index (χ4v) is 4.47. The molecule has 0 bridgehead atoms. The highest BCUT2D eigenvalue weighted by atomic mass is 35.5. The van der Waals surface area contributed by atoms with Crippen molar-refractivity contribution in [2.45, 2.75) is 57.4 Å². The van der Waals surface area contributed by atoms with Crippen LogP contribution < -0.4 is 5.32 Å². The van der Waals surface area contributed by atoms with Gasteiger partial charge in [-0.25, -0.2) is 9.50 Å². The SMILES string of the molecule is Cc1nn(C2CCN(C(=O)C(C)(F)F)CC2)cc1Nc1ncc2c(Cl)cc(C3CC3)n2n1. The van der Waals surface area contributed by atoms with Crippen LogP contribution in [0.4, 0.5) is 20.4 Å². The third-order valence-electron chi connectivity index (χ3n) is 6.16. The molecule has 1 saturated carbocycles. The Hall–Kier alpha value is -2.75. The molecule has 3 aromatic rings. The van der Waals surface area contributed by atoms with Crippen LogP contribution in [0.15, 0.2) is 18.5 Å². The second-order valence-electron chi connectivity index (χ2n) is 8.72. The molecule has 170 valence electrons. The van der Waals surface area contributed by atoms with Gasteiger partial charge in [-0.1, -0.05) is 11.6 Å². The van der Waals surface area contributed by atoms with Crippen LogP contribution in [0.3, 0.4) is 0 Å². The Morgan fingerprint density at radius 2 is 1.94 bits per heavy atom. The second kappa shape index (κ2) is 7.68. The fraction of sp³-hybridized carbons (Fsp3) is 0.524. The Labute approximate surface area is 188 Å². The fourth-order valence-electron chi connectivity index (χ4n) is 4.23. The number of aryl methyl sites for hydroxylation is 1. The van der Waals surface area contributed by atoms with Crippen LogP contribution in [0.25, 0.3) is 5.52 Å². The number of anilines is 2. The van der Waals surface area contributed by atoms with Gasteiger partial charge in [-0.3, -0.25) is 9.48 Å². The summed E-state index contributed by atoms with van der Waals surface area (Å²) in [7, 11) is 0. The van der Waals surface area contributed by atoms with Crippen molar-refractivity contribution in [1.82, 2.24) is 29.3 Å². The summed E-state index contributed by atoms with van der Waals surface area (Å²) in [6, 6.07) is 1.99. The van der Waals surface area contributed by atoms with Gasteiger partial charge in [-0.2, -0.15) is 13.9 Å². The van der Waals surface area contributed by atoms with Gasteiger partial charge in [0.1, 0.15) is 5.52 Å². The summed E-state index contributed by atoms with van der Waals surface area (Å²) in [5, 5.41) is 13.1. The third-order valence-corrected chi connectivity index (χ3v) is 6.46. The average Bonchev–Trinajstić information content (AvgIpc) is 3.47. The van der Waals surface area contributed by atoms with E-state index in [4.69, 9.17) is 11.6 Å². The Morgan fingerprint density at radius 3 is 2.59 bits per heavy atom. The summed E-state index contributed by atoms with van der Waals surface area (Å²) >= 11 is 6.33. The number of likely N-dealkylation sites (tertiary alicyclic amines) is 1. The van der Waals surface area contributed by atoms with E-state index in [1.807, 2.05) is 28.4 Å². The number of aromatic nitrogens is 5. The molecular formula is C21H24ClF2N7O. The highest BCUT2D eigenvalue weighted by Gasteiger charge is 2.38. The molecule has 8 nitrogen and oxygen atoms in total. The summed E-state index contributed by atoms with van der Waals surface area (Å²) in [5.41, 5.74) is 3.43. The minimum atomic E-state index is -3.34. The van der Waals surface area contributed by atoms with Crippen LogP contribution >= 0.6 is 11.6 Å². The van der Waals surface area contributed by atoms with Crippen LogP contribution in [-0.2, 0) is 4.79 Å². The number of amides is 1. The molecule has 11 heteroatoms. The van der Waals surface area contributed by atoms with Crippen molar-refractivity contribution in [3.8, 4) is 0 Å². The zero-order valence-electron chi connectivity index (χ0n) is 17.9. The van der Waals surface area contributed by atoms with E-state index >= 15 is 0 Å². The molecular weight excluding hydrogens is 440 g/mol. The first-order valence-electron chi connectivity index (χ1n) is 10.7. The molecule has 0 aromatic carbocycles. The minimum Gasteiger partial charge on any atom is -0.337 e. The molecule has 1 N–H and O–H groups in total. The monoisotopic (exact) mass is 463 g/mol. The maximum atomic E-state index is 13.3. The van der Waals surface area contributed by atoms with Crippen molar-refractivity contribution in [2.24, 2.45) is 0 Å². The van der Waals surface area contributed by atoms with Gasteiger partial charge >= 0.3 is 5.92 Å². The normalized spacial score (nSPS) is 17.8. The summed E-state index contributed by atoms with van der Waals surface area (Å²) in [4.78, 5) is 17.4. The minimum absolute atomic E-state index is 0.0342. The van der Waals surface area contributed by atoms with Gasteiger partial charge in [0.15, 0.2) is 0 Å². The lowest BCUT2D eigenvalue weighted by atomic mass is 10.0. The molecule has 1 aliphatic heterocycles. The summed E-state index contributed by atoms with van der Waals surface area (Å²) < 4.78 is 30.3. The van der Waals surface area contributed by atoms with Gasteiger partial charge in [0.2, 0.25) is 5.95 Å². The average molecular weight is 464 g/mol. The first-order chi connectivity index (χ1) is 15.2. The highest BCUT2D eigenvalue weighted by Crippen LogP contribution is 2.42. The molecule has 5 rings (SSSR count). The Balaban J connectivity index is 1.30. The van der Waals surface area contributed by atoms with Crippen LogP contribution in [-0.4, -0.2) is 54.2 Å². The molecule has 1 amide bonds. The quantitative estimate of drug-likeness (QED) is 0.609. The van der Waals surface area contributed by atoms with Crippen molar-refractivity contribution >= 4 is 34.7 Å². The van der Waals surface area contributed by atoms with Crippen molar-refractivity contribution in [3.63, 3.8) is 0 Å². The second-order valence-corrected chi connectivity index (χ2v) is 9.12. The van der Waals surface area contributed by atoms with Gasteiger partial charge in [0.25, 0.3) is 5.91 Å². The number of carbonyl (C=O) groups is 1. The smallest absolute Gasteiger partial charge is 0.322 e. The Bertz CT molecular complexity index is 1170.